The number of rotatable bonds is 3. The zero-order valence-electron chi connectivity index (χ0n) is 11.7. The SMILES string of the molecule is Cc1cc(N)cc(C(=O)N(C)CC2CCCOC2)c1. The fourth-order valence-electron chi connectivity index (χ4n) is 2.58. The number of aryl methyl sites for hydroxylation is 1. The van der Waals surface area contributed by atoms with Crippen molar-refractivity contribution in [3.63, 3.8) is 0 Å². The standard InChI is InChI=1S/C15H22N2O2/c1-11-6-13(8-14(16)7-11)15(18)17(2)9-12-4-3-5-19-10-12/h6-8,12H,3-5,9-10,16H2,1-2H3. The summed E-state index contributed by atoms with van der Waals surface area (Å²) >= 11 is 0. The van der Waals surface area contributed by atoms with Crippen molar-refractivity contribution in [3.05, 3.63) is 29.3 Å². The predicted octanol–water partition coefficient (Wildman–Crippen LogP) is 2.08. The minimum atomic E-state index is 0.0287. The maximum absolute atomic E-state index is 12.4. The van der Waals surface area contributed by atoms with Crippen molar-refractivity contribution in [2.45, 2.75) is 19.8 Å². The Morgan fingerprint density at radius 2 is 2.26 bits per heavy atom. The molecular formula is C15H22N2O2. The minimum absolute atomic E-state index is 0.0287. The van der Waals surface area contributed by atoms with E-state index in [2.05, 4.69) is 0 Å². The predicted molar refractivity (Wildman–Crippen MR) is 76.1 cm³/mol. The van der Waals surface area contributed by atoms with Gasteiger partial charge in [0.1, 0.15) is 0 Å². The average Bonchev–Trinajstić information content (AvgIpc) is 2.37. The maximum Gasteiger partial charge on any atom is 0.253 e. The largest absolute Gasteiger partial charge is 0.399 e. The van der Waals surface area contributed by atoms with Gasteiger partial charge in [-0.15, -0.1) is 0 Å². The van der Waals surface area contributed by atoms with Gasteiger partial charge in [-0.1, -0.05) is 0 Å². The second kappa shape index (κ2) is 6.06. The number of carbonyl (C=O) groups is 1. The third-order valence-corrected chi connectivity index (χ3v) is 3.48. The van der Waals surface area contributed by atoms with Crippen molar-refractivity contribution < 1.29 is 9.53 Å². The van der Waals surface area contributed by atoms with Crippen LogP contribution in [0.25, 0.3) is 0 Å². The van der Waals surface area contributed by atoms with E-state index >= 15 is 0 Å². The van der Waals surface area contributed by atoms with E-state index in [0.717, 1.165) is 38.2 Å². The van der Waals surface area contributed by atoms with Crippen LogP contribution in [0.3, 0.4) is 0 Å². The Labute approximate surface area is 114 Å². The summed E-state index contributed by atoms with van der Waals surface area (Å²) in [6, 6.07) is 5.49. The van der Waals surface area contributed by atoms with Gasteiger partial charge in [-0.05, 0) is 49.4 Å². The van der Waals surface area contributed by atoms with Crippen LogP contribution in [0.5, 0.6) is 0 Å². The van der Waals surface area contributed by atoms with Gasteiger partial charge in [0.15, 0.2) is 0 Å². The number of hydrogen-bond acceptors (Lipinski definition) is 3. The van der Waals surface area contributed by atoms with Crippen LogP contribution >= 0.6 is 0 Å². The first-order valence-electron chi connectivity index (χ1n) is 6.76. The first-order chi connectivity index (χ1) is 9.06. The van der Waals surface area contributed by atoms with E-state index in [9.17, 15) is 4.79 Å². The summed E-state index contributed by atoms with van der Waals surface area (Å²) in [5.41, 5.74) is 8.10. The lowest BCUT2D eigenvalue weighted by molar-refractivity contribution is 0.0388. The molecule has 1 aliphatic rings. The molecule has 0 aromatic heterocycles. The molecule has 0 bridgehead atoms. The molecular weight excluding hydrogens is 240 g/mol. The van der Waals surface area contributed by atoms with Crippen LogP contribution in [-0.2, 0) is 4.74 Å². The van der Waals surface area contributed by atoms with Crippen LogP contribution < -0.4 is 5.73 Å². The lowest BCUT2D eigenvalue weighted by Crippen LogP contribution is -2.35. The quantitative estimate of drug-likeness (QED) is 0.848. The monoisotopic (exact) mass is 262 g/mol. The molecule has 4 heteroatoms. The third kappa shape index (κ3) is 3.70. The van der Waals surface area contributed by atoms with Crippen LogP contribution in [-0.4, -0.2) is 37.6 Å². The molecule has 1 heterocycles. The molecule has 1 aromatic carbocycles. The molecule has 2 N–H and O–H groups in total. The maximum atomic E-state index is 12.4. The van der Waals surface area contributed by atoms with Crippen LogP contribution in [0.1, 0.15) is 28.8 Å². The zero-order valence-corrected chi connectivity index (χ0v) is 11.7. The van der Waals surface area contributed by atoms with Crippen LogP contribution in [0.2, 0.25) is 0 Å². The Balaban J connectivity index is 2.01. The number of nitrogens with zero attached hydrogens (tertiary/aromatic N) is 1. The number of amides is 1. The molecule has 1 fully saturated rings. The molecule has 1 saturated heterocycles. The first-order valence-corrected chi connectivity index (χ1v) is 6.76. The van der Waals surface area contributed by atoms with E-state index in [1.807, 2.05) is 26.1 Å². The number of anilines is 1. The fraction of sp³-hybridized carbons (Fsp3) is 0.533. The van der Waals surface area contributed by atoms with Gasteiger partial charge in [-0.3, -0.25) is 4.79 Å². The molecule has 1 unspecified atom stereocenters. The Hall–Kier alpha value is -1.55. The molecule has 0 saturated carbocycles. The van der Waals surface area contributed by atoms with Crippen molar-refractivity contribution in [1.82, 2.24) is 4.90 Å². The molecule has 19 heavy (non-hydrogen) atoms. The molecule has 1 amide bonds. The number of hydrogen-bond donors (Lipinski definition) is 1. The summed E-state index contributed by atoms with van der Waals surface area (Å²) in [6.45, 7) is 4.30. The highest BCUT2D eigenvalue weighted by Gasteiger charge is 2.19. The number of ether oxygens (including phenoxy) is 1. The van der Waals surface area contributed by atoms with Crippen molar-refractivity contribution in [2.75, 3.05) is 32.5 Å². The van der Waals surface area contributed by atoms with Crippen molar-refractivity contribution in [1.29, 1.82) is 0 Å². The van der Waals surface area contributed by atoms with Crippen LogP contribution in [0.15, 0.2) is 18.2 Å². The van der Waals surface area contributed by atoms with E-state index in [0.29, 0.717) is 17.2 Å². The fourth-order valence-corrected chi connectivity index (χ4v) is 2.58. The van der Waals surface area contributed by atoms with Gasteiger partial charge in [0, 0.05) is 31.5 Å². The molecule has 4 nitrogen and oxygen atoms in total. The van der Waals surface area contributed by atoms with E-state index in [1.165, 1.54) is 0 Å². The smallest absolute Gasteiger partial charge is 0.253 e. The van der Waals surface area contributed by atoms with Gasteiger partial charge in [0.25, 0.3) is 5.91 Å². The van der Waals surface area contributed by atoms with Crippen LogP contribution in [0.4, 0.5) is 5.69 Å². The Kier molecular flexibility index (Phi) is 4.43. The van der Waals surface area contributed by atoms with Crippen molar-refractivity contribution in [3.8, 4) is 0 Å². The summed E-state index contributed by atoms with van der Waals surface area (Å²) in [6.07, 6.45) is 2.22. The number of benzene rings is 1. The Morgan fingerprint density at radius 1 is 1.47 bits per heavy atom. The zero-order chi connectivity index (χ0) is 13.8. The number of nitrogens with two attached hydrogens (primary N) is 1. The summed E-state index contributed by atoms with van der Waals surface area (Å²) < 4.78 is 5.45. The van der Waals surface area contributed by atoms with E-state index in [-0.39, 0.29) is 5.91 Å². The normalized spacial score (nSPS) is 19.2. The highest BCUT2D eigenvalue weighted by atomic mass is 16.5. The summed E-state index contributed by atoms with van der Waals surface area (Å²) in [4.78, 5) is 14.1. The summed E-state index contributed by atoms with van der Waals surface area (Å²) in [5, 5.41) is 0. The minimum Gasteiger partial charge on any atom is -0.399 e. The molecule has 0 aliphatic carbocycles. The molecule has 1 aliphatic heterocycles. The molecule has 104 valence electrons. The second-order valence-corrected chi connectivity index (χ2v) is 5.40. The van der Waals surface area contributed by atoms with E-state index < -0.39 is 0 Å². The lowest BCUT2D eigenvalue weighted by atomic mass is 10.0. The highest BCUT2D eigenvalue weighted by Crippen LogP contribution is 2.17. The Morgan fingerprint density at radius 3 is 2.89 bits per heavy atom. The van der Waals surface area contributed by atoms with E-state index in [4.69, 9.17) is 10.5 Å². The average molecular weight is 262 g/mol. The van der Waals surface area contributed by atoms with E-state index in [1.54, 1.807) is 11.0 Å². The molecule has 0 radical (unpaired) electrons. The summed E-state index contributed by atoms with van der Waals surface area (Å²) in [7, 11) is 1.84. The highest BCUT2D eigenvalue weighted by molar-refractivity contribution is 5.95. The number of nitrogen functional groups attached to an aromatic ring is 1. The number of carbonyl (C=O) groups excluding carboxylic acids is 1. The topological polar surface area (TPSA) is 55.6 Å². The van der Waals surface area contributed by atoms with Gasteiger partial charge in [-0.25, -0.2) is 0 Å². The van der Waals surface area contributed by atoms with Crippen LogP contribution in [0, 0.1) is 12.8 Å². The van der Waals surface area contributed by atoms with Gasteiger partial charge >= 0.3 is 0 Å². The molecule has 1 atom stereocenters. The molecule has 2 rings (SSSR count). The third-order valence-electron chi connectivity index (χ3n) is 3.48. The van der Waals surface area contributed by atoms with Gasteiger partial charge in [-0.2, -0.15) is 0 Å². The molecule has 1 aromatic rings. The summed E-state index contributed by atoms with van der Waals surface area (Å²) in [5.74, 6) is 0.478. The first kappa shape index (κ1) is 13.9. The second-order valence-electron chi connectivity index (χ2n) is 5.40. The van der Waals surface area contributed by atoms with Gasteiger partial charge in [0.2, 0.25) is 0 Å². The lowest BCUT2D eigenvalue weighted by Gasteiger charge is -2.27. The van der Waals surface area contributed by atoms with Gasteiger partial charge < -0.3 is 15.4 Å². The van der Waals surface area contributed by atoms with Gasteiger partial charge in [0.05, 0.1) is 6.61 Å². The van der Waals surface area contributed by atoms with Crippen molar-refractivity contribution in [2.24, 2.45) is 5.92 Å². The molecule has 0 spiro atoms. The Bertz CT molecular complexity index is 433. The van der Waals surface area contributed by atoms with Crippen molar-refractivity contribution >= 4 is 11.6 Å².